The molecular formula is C19H21NO5. The van der Waals surface area contributed by atoms with Crippen LogP contribution in [0.4, 0.5) is 0 Å². The molecule has 0 atom stereocenters. The first-order valence-electron chi connectivity index (χ1n) is 7.86. The molecule has 0 heterocycles. The molecule has 1 amide bonds. The smallest absolute Gasteiger partial charge is 0.342 e. The molecule has 2 rings (SSSR count). The predicted molar refractivity (Wildman–Crippen MR) is 93.0 cm³/mol. The lowest BCUT2D eigenvalue weighted by Gasteiger charge is -2.10. The van der Waals surface area contributed by atoms with Gasteiger partial charge in [0, 0.05) is 0 Å². The number of aryl methyl sites for hydroxylation is 1. The minimum absolute atomic E-state index is 0.294. The third-order valence-corrected chi connectivity index (χ3v) is 3.35. The van der Waals surface area contributed by atoms with Crippen molar-refractivity contribution in [3.05, 3.63) is 59.7 Å². The molecule has 25 heavy (non-hydrogen) atoms. The maximum Gasteiger partial charge on any atom is 0.342 e. The van der Waals surface area contributed by atoms with Gasteiger partial charge in [0.1, 0.15) is 23.7 Å². The number of rotatable bonds is 8. The molecule has 0 aromatic heterocycles. The Morgan fingerprint density at radius 3 is 2.56 bits per heavy atom. The Hall–Kier alpha value is -3.02. The molecule has 0 spiro atoms. The molecule has 0 unspecified atom stereocenters. The fourth-order valence-corrected chi connectivity index (χ4v) is 2.12. The van der Waals surface area contributed by atoms with Crippen LogP contribution in [0.3, 0.4) is 0 Å². The van der Waals surface area contributed by atoms with Crippen LogP contribution in [0.15, 0.2) is 48.5 Å². The molecule has 132 valence electrons. The van der Waals surface area contributed by atoms with Gasteiger partial charge in [-0.05, 0) is 31.2 Å². The summed E-state index contributed by atoms with van der Waals surface area (Å²) in [7, 11) is 1.47. The first kappa shape index (κ1) is 18.3. The number of para-hydroxylation sites is 1. The van der Waals surface area contributed by atoms with Gasteiger partial charge < -0.3 is 19.5 Å². The number of esters is 1. The molecule has 0 bridgehead atoms. The van der Waals surface area contributed by atoms with E-state index < -0.39 is 11.9 Å². The molecule has 0 radical (unpaired) electrons. The highest BCUT2D eigenvalue weighted by Gasteiger charge is 2.15. The zero-order valence-electron chi connectivity index (χ0n) is 14.3. The number of carbonyl (C=O) groups excluding carboxylic acids is 2. The summed E-state index contributed by atoms with van der Waals surface area (Å²) in [5, 5.41) is 2.63. The molecule has 0 aliphatic heterocycles. The highest BCUT2D eigenvalue weighted by Crippen LogP contribution is 2.20. The summed E-state index contributed by atoms with van der Waals surface area (Å²) in [5.74, 6) is 0.148. The van der Waals surface area contributed by atoms with Crippen molar-refractivity contribution >= 4 is 11.9 Å². The van der Waals surface area contributed by atoms with E-state index in [0.29, 0.717) is 24.5 Å². The van der Waals surface area contributed by atoms with Crippen LogP contribution in [-0.4, -0.2) is 38.7 Å². The number of benzene rings is 2. The zero-order chi connectivity index (χ0) is 18.1. The van der Waals surface area contributed by atoms with Crippen molar-refractivity contribution in [1.82, 2.24) is 5.32 Å². The first-order chi connectivity index (χ1) is 12.1. The van der Waals surface area contributed by atoms with E-state index in [0.717, 1.165) is 11.3 Å². The Morgan fingerprint density at radius 1 is 1.08 bits per heavy atom. The van der Waals surface area contributed by atoms with E-state index in [1.54, 1.807) is 12.1 Å². The number of nitrogens with one attached hydrogen (secondary N) is 1. The first-order valence-corrected chi connectivity index (χ1v) is 7.86. The Bertz CT molecular complexity index is 715. The number of hydrogen-bond acceptors (Lipinski definition) is 5. The maximum atomic E-state index is 12.1. The van der Waals surface area contributed by atoms with Crippen LogP contribution in [0, 0.1) is 6.92 Å². The van der Waals surface area contributed by atoms with Crippen molar-refractivity contribution in [1.29, 1.82) is 0 Å². The van der Waals surface area contributed by atoms with Gasteiger partial charge in [0.2, 0.25) is 0 Å². The number of carbonyl (C=O) groups is 2. The molecule has 0 saturated carbocycles. The van der Waals surface area contributed by atoms with Gasteiger partial charge in [-0.3, -0.25) is 4.79 Å². The van der Waals surface area contributed by atoms with Crippen LogP contribution in [0.5, 0.6) is 11.5 Å². The second kappa shape index (κ2) is 9.32. The molecule has 0 fully saturated rings. The van der Waals surface area contributed by atoms with Crippen LogP contribution in [0.2, 0.25) is 0 Å². The lowest BCUT2D eigenvalue weighted by molar-refractivity contribution is -0.124. The van der Waals surface area contributed by atoms with Crippen molar-refractivity contribution < 1.29 is 23.8 Å². The van der Waals surface area contributed by atoms with Crippen LogP contribution >= 0.6 is 0 Å². The van der Waals surface area contributed by atoms with E-state index in [2.05, 4.69) is 5.32 Å². The molecule has 6 heteroatoms. The Labute approximate surface area is 146 Å². The Morgan fingerprint density at radius 2 is 1.84 bits per heavy atom. The summed E-state index contributed by atoms with van der Waals surface area (Å²) in [6, 6.07) is 14.5. The number of amides is 1. The summed E-state index contributed by atoms with van der Waals surface area (Å²) in [6.45, 7) is 2.14. The normalized spacial score (nSPS) is 10.0. The van der Waals surface area contributed by atoms with Gasteiger partial charge in [0.15, 0.2) is 6.61 Å². The number of ether oxygens (including phenoxy) is 3. The SMILES string of the molecule is COc1ccc(C)cc1C(=O)OCC(=O)NCCOc1ccccc1. The largest absolute Gasteiger partial charge is 0.496 e. The lowest BCUT2D eigenvalue weighted by Crippen LogP contribution is -2.32. The van der Waals surface area contributed by atoms with Gasteiger partial charge >= 0.3 is 5.97 Å². The minimum atomic E-state index is -0.601. The molecule has 6 nitrogen and oxygen atoms in total. The van der Waals surface area contributed by atoms with Gasteiger partial charge in [0.05, 0.1) is 13.7 Å². The van der Waals surface area contributed by atoms with E-state index in [1.165, 1.54) is 7.11 Å². The van der Waals surface area contributed by atoms with Crippen molar-refractivity contribution in [2.24, 2.45) is 0 Å². The van der Waals surface area contributed by atoms with Crippen LogP contribution in [0.1, 0.15) is 15.9 Å². The van der Waals surface area contributed by atoms with E-state index in [-0.39, 0.29) is 6.61 Å². The van der Waals surface area contributed by atoms with Crippen LogP contribution in [-0.2, 0) is 9.53 Å². The third-order valence-electron chi connectivity index (χ3n) is 3.35. The van der Waals surface area contributed by atoms with Gasteiger partial charge in [-0.2, -0.15) is 0 Å². The van der Waals surface area contributed by atoms with E-state index in [1.807, 2.05) is 43.3 Å². The summed E-state index contributed by atoms with van der Waals surface area (Å²) >= 11 is 0. The molecule has 2 aromatic rings. The predicted octanol–water partition coefficient (Wildman–Crippen LogP) is 2.36. The Kier molecular flexibility index (Phi) is 6.83. The Balaban J connectivity index is 1.72. The standard InChI is InChI=1S/C19H21NO5/c1-14-8-9-17(23-2)16(12-14)19(22)25-13-18(21)20-10-11-24-15-6-4-3-5-7-15/h3-9,12H,10-11,13H2,1-2H3,(H,20,21). The van der Waals surface area contributed by atoms with Crippen molar-refractivity contribution in [3.63, 3.8) is 0 Å². The fourth-order valence-electron chi connectivity index (χ4n) is 2.12. The maximum absolute atomic E-state index is 12.1. The molecule has 0 aliphatic rings. The van der Waals surface area contributed by atoms with E-state index >= 15 is 0 Å². The minimum Gasteiger partial charge on any atom is -0.496 e. The van der Waals surface area contributed by atoms with Gasteiger partial charge in [-0.1, -0.05) is 29.8 Å². The van der Waals surface area contributed by atoms with Crippen molar-refractivity contribution in [3.8, 4) is 11.5 Å². The van der Waals surface area contributed by atoms with E-state index in [4.69, 9.17) is 14.2 Å². The second-order valence-electron chi connectivity index (χ2n) is 5.29. The summed E-state index contributed by atoms with van der Waals surface area (Å²) in [4.78, 5) is 23.8. The quantitative estimate of drug-likeness (QED) is 0.588. The summed E-state index contributed by atoms with van der Waals surface area (Å²) in [6.07, 6.45) is 0. The molecule has 0 aliphatic carbocycles. The highest BCUT2D eigenvalue weighted by atomic mass is 16.5. The number of methoxy groups -OCH3 is 1. The average Bonchev–Trinajstić information content (AvgIpc) is 2.64. The lowest BCUT2D eigenvalue weighted by atomic mass is 10.1. The molecule has 2 aromatic carbocycles. The van der Waals surface area contributed by atoms with Gasteiger partial charge in [-0.15, -0.1) is 0 Å². The third kappa shape index (κ3) is 5.84. The summed E-state index contributed by atoms with van der Waals surface area (Å²) < 4.78 is 15.6. The van der Waals surface area contributed by atoms with Crippen LogP contribution in [0.25, 0.3) is 0 Å². The average molecular weight is 343 g/mol. The molecule has 1 N–H and O–H groups in total. The van der Waals surface area contributed by atoms with E-state index in [9.17, 15) is 9.59 Å². The van der Waals surface area contributed by atoms with Gasteiger partial charge in [-0.25, -0.2) is 4.79 Å². The topological polar surface area (TPSA) is 73.9 Å². The van der Waals surface area contributed by atoms with Crippen molar-refractivity contribution in [2.45, 2.75) is 6.92 Å². The highest BCUT2D eigenvalue weighted by molar-refractivity contribution is 5.94. The van der Waals surface area contributed by atoms with Crippen molar-refractivity contribution in [2.75, 3.05) is 26.9 Å². The zero-order valence-corrected chi connectivity index (χ0v) is 14.3. The fraction of sp³-hybridized carbons (Fsp3) is 0.263. The molecule has 0 saturated heterocycles. The monoisotopic (exact) mass is 343 g/mol. The van der Waals surface area contributed by atoms with Gasteiger partial charge in [0.25, 0.3) is 5.91 Å². The molecular weight excluding hydrogens is 322 g/mol. The second-order valence-corrected chi connectivity index (χ2v) is 5.29. The van der Waals surface area contributed by atoms with Crippen LogP contribution < -0.4 is 14.8 Å². The number of hydrogen-bond donors (Lipinski definition) is 1. The summed E-state index contributed by atoms with van der Waals surface area (Å²) in [5.41, 5.74) is 1.19.